The van der Waals surface area contributed by atoms with Crippen LogP contribution in [0.25, 0.3) is 5.65 Å². The van der Waals surface area contributed by atoms with Crippen molar-refractivity contribution in [3.8, 4) is 0 Å². The van der Waals surface area contributed by atoms with E-state index in [1.807, 2.05) is 0 Å². The first-order valence-electron chi connectivity index (χ1n) is 5.19. The lowest BCUT2D eigenvalue weighted by Crippen LogP contribution is -2.13. The van der Waals surface area contributed by atoms with E-state index in [4.69, 9.17) is 10.5 Å². The summed E-state index contributed by atoms with van der Waals surface area (Å²) >= 11 is 0. The predicted molar refractivity (Wildman–Crippen MR) is 59.4 cm³/mol. The van der Waals surface area contributed by atoms with E-state index in [1.54, 1.807) is 18.3 Å². The summed E-state index contributed by atoms with van der Waals surface area (Å²) in [5.74, 6) is -0.604. The van der Waals surface area contributed by atoms with Gasteiger partial charge in [0.25, 0.3) is 12.3 Å². The number of carbonyl (C=O) groups excluding carboxylic acids is 1. The van der Waals surface area contributed by atoms with E-state index in [0.717, 1.165) is 0 Å². The van der Waals surface area contributed by atoms with E-state index in [-0.39, 0.29) is 12.3 Å². The highest BCUT2D eigenvalue weighted by molar-refractivity contribution is 5.91. The van der Waals surface area contributed by atoms with Gasteiger partial charge in [-0.2, -0.15) is 0 Å². The number of hydrogen-bond donors (Lipinski definition) is 1. The fourth-order valence-corrected chi connectivity index (χ4v) is 1.56. The molecule has 0 saturated heterocycles. The molecule has 0 aromatic carbocycles. The minimum Gasteiger partial charge on any atom is -0.371 e. The second-order valence-corrected chi connectivity index (χ2v) is 3.68. The summed E-state index contributed by atoms with van der Waals surface area (Å²) in [4.78, 5) is 15.1. The molecule has 2 heterocycles. The van der Waals surface area contributed by atoms with Crippen molar-refractivity contribution in [2.45, 2.75) is 13.0 Å². The number of rotatable bonds is 5. The number of alkyl halides is 2. The van der Waals surface area contributed by atoms with Gasteiger partial charge in [-0.1, -0.05) is 6.07 Å². The van der Waals surface area contributed by atoms with E-state index < -0.39 is 18.9 Å². The minimum absolute atomic E-state index is 0.0384. The van der Waals surface area contributed by atoms with Gasteiger partial charge >= 0.3 is 0 Å². The molecule has 2 N–H and O–H groups in total. The van der Waals surface area contributed by atoms with Gasteiger partial charge in [-0.05, 0) is 11.6 Å². The van der Waals surface area contributed by atoms with Crippen molar-refractivity contribution in [3.63, 3.8) is 0 Å². The van der Waals surface area contributed by atoms with Gasteiger partial charge in [0.15, 0.2) is 0 Å². The summed E-state index contributed by atoms with van der Waals surface area (Å²) in [6, 6.07) is 3.35. The molecule has 0 saturated carbocycles. The number of carbonyl (C=O) groups is 1. The van der Waals surface area contributed by atoms with E-state index >= 15 is 0 Å². The molecule has 0 aliphatic carbocycles. The molecular weight excluding hydrogens is 244 g/mol. The number of halogens is 2. The molecular formula is C11H11F2N3O2. The monoisotopic (exact) mass is 255 g/mol. The Bertz CT molecular complexity index is 568. The molecule has 7 heteroatoms. The molecule has 2 aromatic heterocycles. The van der Waals surface area contributed by atoms with E-state index in [9.17, 15) is 13.6 Å². The van der Waals surface area contributed by atoms with E-state index in [2.05, 4.69) is 4.98 Å². The van der Waals surface area contributed by atoms with Crippen molar-refractivity contribution >= 4 is 11.6 Å². The van der Waals surface area contributed by atoms with Crippen LogP contribution in [-0.2, 0) is 11.3 Å². The molecule has 2 rings (SSSR count). The van der Waals surface area contributed by atoms with Crippen LogP contribution in [0.15, 0.2) is 24.5 Å². The number of ether oxygens (including phenoxy) is 1. The van der Waals surface area contributed by atoms with Gasteiger partial charge in [-0.3, -0.25) is 9.20 Å². The summed E-state index contributed by atoms with van der Waals surface area (Å²) in [5.41, 5.74) is 6.63. The Morgan fingerprint density at radius 2 is 2.28 bits per heavy atom. The number of nitrogens with two attached hydrogens (primary N) is 1. The molecule has 0 radical (unpaired) electrons. The molecule has 0 bridgehead atoms. The van der Waals surface area contributed by atoms with Crippen LogP contribution in [-0.4, -0.2) is 28.3 Å². The fourth-order valence-electron chi connectivity index (χ4n) is 1.56. The van der Waals surface area contributed by atoms with Crippen LogP contribution in [0.2, 0.25) is 0 Å². The van der Waals surface area contributed by atoms with Gasteiger partial charge in [0.2, 0.25) is 0 Å². The van der Waals surface area contributed by atoms with Crippen molar-refractivity contribution in [2.24, 2.45) is 5.73 Å². The van der Waals surface area contributed by atoms with Crippen LogP contribution in [0, 0.1) is 0 Å². The number of pyridine rings is 1. The van der Waals surface area contributed by atoms with Gasteiger partial charge in [0.05, 0.1) is 12.8 Å². The second kappa shape index (κ2) is 5.09. The number of aromatic nitrogens is 2. The smallest absolute Gasteiger partial charge is 0.267 e. The number of imidazole rings is 1. The fraction of sp³-hybridized carbons (Fsp3) is 0.273. The number of primary amides is 1. The average Bonchev–Trinajstić information content (AvgIpc) is 2.71. The Morgan fingerprint density at radius 3 is 2.94 bits per heavy atom. The molecule has 0 spiro atoms. The molecule has 0 fully saturated rings. The summed E-state index contributed by atoms with van der Waals surface area (Å²) in [7, 11) is 0. The third-order valence-electron chi connectivity index (χ3n) is 2.33. The zero-order valence-electron chi connectivity index (χ0n) is 9.35. The highest BCUT2D eigenvalue weighted by Crippen LogP contribution is 2.10. The van der Waals surface area contributed by atoms with E-state index in [0.29, 0.717) is 11.2 Å². The third-order valence-corrected chi connectivity index (χ3v) is 2.33. The van der Waals surface area contributed by atoms with Crippen LogP contribution in [0.3, 0.4) is 0 Å². The molecule has 0 unspecified atom stereocenters. The summed E-state index contributed by atoms with van der Waals surface area (Å²) < 4.78 is 30.1. The van der Waals surface area contributed by atoms with Crippen LogP contribution in [0.5, 0.6) is 0 Å². The number of nitrogens with zero attached hydrogens (tertiary/aromatic N) is 2. The molecule has 2 aromatic rings. The summed E-state index contributed by atoms with van der Waals surface area (Å²) in [5, 5.41) is 0. The lowest BCUT2D eigenvalue weighted by molar-refractivity contribution is 0.00978. The largest absolute Gasteiger partial charge is 0.371 e. The highest BCUT2D eigenvalue weighted by Gasteiger charge is 2.09. The van der Waals surface area contributed by atoms with Crippen molar-refractivity contribution < 1.29 is 18.3 Å². The Hall–Kier alpha value is -2.02. The minimum atomic E-state index is -2.50. The second-order valence-electron chi connectivity index (χ2n) is 3.68. The molecule has 18 heavy (non-hydrogen) atoms. The highest BCUT2D eigenvalue weighted by atomic mass is 19.3. The number of hydrogen-bond acceptors (Lipinski definition) is 3. The maximum atomic E-state index is 11.9. The van der Waals surface area contributed by atoms with Gasteiger partial charge in [-0.15, -0.1) is 0 Å². The van der Waals surface area contributed by atoms with Crippen LogP contribution >= 0.6 is 0 Å². The normalized spacial score (nSPS) is 11.3. The quantitative estimate of drug-likeness (QED) is 0.873. The van der Waals surface area contributed by atoms with Crippen molar-refractivity contribution in [2.75, 3.05) is 6.61 Å². The Morgan fingerprint density at radius 1 is 1.50 bits per heavy atom. The van der Waals surface area contributed by atoms with E-state index in [1.165, 1.54) is 10.6 Å². The molecule has 0 aliphatic rings. The van der Waals surface area contributed by atoms with Crippen molar-refractivity contribution in [1.29, 1.82) is 0 Å². The summed E-state index contributed by atoms with van der Waals surface area (Å²) in [6.07, 6.45) is 0.457. The third kappa shape index (κ3) is 2.62. The maximum Gasteiger partial charge on any atom is 0.267 e. The first kappa shape index (κ1) is 12.4. The summed E-state index contributed by atoms with van der Waals surface area (Å²) in [6.45, 7) is -0.582. The van der Waals surface area contributed by atoms with Crippen LogP contribution < -0.4 is 5.73 Å². The van der Waals surface area contributed by atoms with Crippen molar-refractivity contribution in [1.82, 2.24) is 9.38 Å². The lowest BCUT2D eigenvalue weighted by atomic mass is 10.3. The standard InChI is InChI=1S/C11H11F2N3O2/c12-9(13)6-18-5-7-1-2-10-15-3-8(11(14)17)16(10)4-7/h1-4,9H,5-6H2,(H2,14,17). The number of fused-ring (bicyclic) bond motifs is 1. The predicted octanol–water partition coefficient (Wildman–Crippen LogP) is 1.21. The molecule has 96 valence electrons. The Labute approximate surface area is 101 Å². The maximum absolute atomic E-state index is 11.9. The van der Waals surface area contributed by atoms with Gasteiger partial charge in [-0.25, -0.2) is 13.8 Å². The molecule has 0 aliphatic heterocycles. The van der Waals surface area contributed by atoms with Gasteiger partial charge < -0.3 is 10.5 Å². The first-order chi connectivity index (χ1) is 8.58. The first-order valence-corrected chi connectivity index (χ1v) is 5.19. The van der Waals surface area contributed by atoms with Crippen molar-refractivity contribution in [3.05, 3.63) is 35.8 Å². The molecule has 5 nitrogen and oxygen atoms in total. The molecule has 1 amide bonds. The molecule has 0 atom stereocenters. The van der Waals surface area contributed by atoms with Gasteiger partial charge in [0.1, 0.15) is 17.9 Å². The van der Waals surface area contributed by atoms with Gasteiger partial charge in [0, 0.05) is 6.20 Å². The lowest BCUT2D eigenvalue weighted by Gasteiger charge is -2.05. The topological polar surface area (TPSA) is 69.6 Å². The van der Waals surface area contributed by atoms with Crippen LogP contribution in [0.4, 0.5) is 8.78 Å². The SMILES string of the molecule is NC(=O)c1cnc2ccc(COCC(F)F)cn12. The van der Waals surface area contributed by atoms with Crippen LogP contribution in [0.1, 0.15) is 16.1 Å². The Kier molecular flexibility index (Phi) is 3.52. The average molecular weight is 255 g/mol. The zero-order valence-corrected chi connectivity index (χ0v) is 9.35. The zero-order chi connectivity index (χ0) is 13.1. The number of amides is 1. The Balaban J connectivity index is 2.20.